The van der Waals surface area contributed by atoms with Crippen molar-refractivity contribution in [3.05, 3.63) is 33.3 Å². The first-order chi connectivity index (χ1) is 8.63. The van der Waals surface area contributed by atoms with Crippen molar-refractivity contribution >= 4 is 33.4 Å². The molecule has 18 heavy (non-hydrogen) atoms. The van der Waals surface area contributed by atoms with Crippen LogP contribution in [-0.2, 0) is 4.74 Å². The number of aliphatic hydroxyl groups excluding tert-OH is 1. The first kappa shape index (κ1) is 13.8. The summed E-state index contributed by atoms with van der Waals surface area (Å²) in [6.45, 7) is 1.24. The molecule has 1 saturated heterocycles. The number of benzene rings is 1. The topological polar surface area (TPSA) is 49.8 Å². The van der Waals surface area contributed by atoms with Crippen LogP contribution in [0.5, 0.6) is 0 Å². The number of amides is 1. The molecule has 1 aliphatic rings. The van der Waals surface area contributed by atoms with Crippen LogP contribution in [0, 0.1) is 0 Å². The minimum absolute atomic E-state index is 0.101. The highest BCUT2D eigenvalue weighted by Crippen LogP contribution is 2.24. The summed E-state index contributed by atoms with van der Waals surface area (Å²) in [4.78, 5) is 13.9. The van der Waals surface area contributed by atoms with E-state index in [2.05, 4.69) is 15.9 Å². The lowest BCUT2D eigenvalue weighted by Crippen LogP contribution is -2.50. The number of carbonyl (C=O) groups excluding carboxylic acids is 1. The molecule has 4 nitrogen and oxygen atoms in total. The fraction of sp³-hybridized carbons (Fsp3) is 0.417. The van der Waals surface area contributed by atoms with Crippen LogP contribution in [0.2, 0.25) is 5.02 Å². The van der Waals surface area contributed by atoms with E-state index < -0.39 is 0 Å². The zero-order chi connectivity index (χ0) is 13.1. The Morgan fingerprint density at radius 1 is 1.61 bits per heavy atom. The standard InChI is InChI=1S/C12H13BrClNO3/c13-10-2-1-8(5-11(10)14)12(17)15-3-4-18-7-9(15)6-16/h1-2,5,9,16H,3-4,6-7H2. The number of morpholine rings is 1. The minimum Gasteiger partial charge on any atom is -0.394 e. The van der Waals surface area contributed by atoms with Gasteiger partial charge < -0.3 is 14.7 Å². The summed E-state index contributed by atoms with van der Waals surface area (Å²) in [5.74, 6) is -0.133. The van der Waals surface area contributed by atoms with Crippen molar-refractivity contribution in [1.82, 2.24) is 4.90 Å². The van der Waals surface area contributed by atoms with Gasteiger partial charge in [0, 0.05) is 16.6 Å². The van der Waals surface area contributed by atoms with E-state index in [0.717, 1.165) is 4.47 Å². The largest absolute Gasteiger partial charge is 0.394 e. The third-order valence-corrected chi connectivity index (χ3v) is 4.10. The summed E-state index contributed by atoms with van der Waals surface area (Å²) in [5.41, 5.74) is 0.517. The number of hydrogen-bond acceptors (Lipinski definition) is 3. The normalized spacial score (nSPS) is 19.9. The molecule has 1 aliphatic heterocycles. The quantitative estimate of drug-likeness (QED) is 0.899. The molecule has 1 heterocycles. The van der Waals surface area contributed by atoms with Gasteiger partial charge in [-0.1, -0.05) is 11.6 Å². The van der Waals surface area contributed by atoms with Gasteiger partial charge in [-0.15, -0.1) is 0 Å². The van der Waals surface area contributed by atoms with Crippen LogP contribution in [0.4, 0.5) is 0 Å². The highest BCUT2D eigenvalue weighted by atomic mass is 79.9. The number of carbonyl (C=O) groups is 1. The Morgan fingerprint density at radius 3 is 3.06 bits per heavy atom. The number of ether oxygens (including phenoxy) is 1. The van der Waals surface area contributed by atoms with Gasteiger partial charge in [0.2, 0.25) is 0 Å². The van der Waals surface area contributed by atoms with Crippen LogP contribution in [0.3, 0.4) is 0 Å². The van der Waals surface area contributed by atoms with Gasteiger partial charge in [-0.2, -0.15) is 0 Å². The Morgan fingerprint density at radius 2 is 2.39 bits per heavy atom. The average molecular weight is 335 g/mol. The molecule has 1 atom stereocenters. The van der Waals surface area contributed by atoms with Gasteiger partial charge in [0.25, 0.3) is 5.91 Å². The van der Waals surface area contributed by atoms with Gasteiger partial charge in [0.05, 0.1) is 30.9 Å². The van der Waals surface area contributed by atoms with Gasteiger partial charge in [-0.25, -0.2) is 0 Å². The van der Waals surface area contributed by atoms with Crippen LogP contribution >= 0.6 is 27.5 Å². The third-order valence-electron chi connectivity index (χ3n) is 2.87. The molecule has 1 aromatic carbocycles. The van der Waals surface area contributed by atoms with Gasteiger partial charge in [-0.3, -0.25) is 4.79 Å². The smallest absolute Gasteiger partial charge is 0.254 e. The number of halogens is 2. The van der Waals surface area contributed by atoms with E-state index in [1.165, 1.54) is 0 Å². The second-order valence-electron chi connectivity index (χ2n) is 4.04. The third kappa shape index (κ3) is 2.85. The van der Waals surface area contributed by atoms with Crippen molar-refractivity contribution in [3.8, 4) is 0 Å². The van der Waals surface area contributed by atoms with E-state index >= 15 is 0 Å². The van der Waals surface area contributed by atoms with Gasteiger partial charge in [-0.05, 0) is 34.1 Å². The maximum absolute atomic E-state index is 12.3. The molecule has 1 N–H and O–H groups in total. The van der Waals surface area contributed by atoms with Crippen LogP contribution in [-0.4, -0.2) is 48.3 Å². The van der Waals surface area contributed by atoms with Crippen LogP contribution in [0.15, 0.2) is 22.7 Å². The first-order valence-corrected chi connectivity index (χ1v) is 6.75. The fourth-order valence-electron chi connectivity index (χ4n) is 1.87. The molecule has 0 radical (unpaired) electrons. The summed E-state index contributed by atoms with van der Waals surface area (Å²) >= 11 is 9.26. The van der Waals surface area contributed by atoms with Crippen molar-refractivity contribution in [2.75, 3.05) is 26.4 Å². The van der Waals surface area contributed by atoms with Crippen molar-refractivity contribution in [2.24, 2.45) is 0 Å². The summed E-state index contributed by atoms with van der Waals surface area (Å²) in [6, 6.07) is 4.79. The Kier molecular flexibility index (Phi) is 4.61. The molecule has 0 bridgehead atoms. The molecular weight excluding hydrogens is 321 g/mol. The number of rotatable bonds is 2. The SMILES string of the molecule is O=C(c1ccc(Br)c(Cl)c1)N1CCOCC1CO. The summed E-state index contributed by atoms with van der Waals surface area (Å²) < 4.78 is 6.00. The Hall–Kier alpha value is -0.620. The summed E-state index contributed by atoms with van der Waals surface area (Å²) in [7, 11) is 0. The fourth-order valence-corrected chi connectivity index (χ4v) is 2.30. The van der Waals surface area contributed by atoms with Gasteiger partial charge >= 0.3 is 0 Å². The van der Waals surface area contributed by atoms with Crippen LogP contribution < -0.4 is 0 Å². The van der Waals surface area contributed by atoms with E-state index in [-0.39, 0.29) is 18.6 Å². The highest BCUT2D eigenvalue weighted by molar-refractivity contribution is 9.10. The van der Waals surface area contributed by atoms with Crippen molar-refractivity contribution in [3.63, 3.8) is 0 Å². The predicted molar refractivity (Wildman–Crippen MR) is 71.9 cm³/mol. The lowest BCUT2D eigenvalue weighted by molar-refractivity contribution is -0.0183. The molecule has 1 unspecified atom stereocenters. The molecule has 98 valence electrons. The second-order valence-corrected chi connectivity index (χ2v) is 5.30. The van der Waals surface area contributed by atoms with Crippen molar-refractivity contribution in [2.45, 2.75) is 6.04 Å². The highest BCUT2D eigenvalue weighted by Gasteiger charge is 2.27. The average Bonchev–Trinajstić information content (AvgIpc) is 2.41. The monoisotopic (exact) mass is 333 g/mol. The minimum atomic E-state index is -0.284. The maximum atomic E-state index is 12.3. The van der Waals surface area contributed by atoms with Gasteiger partial charge in [0.15, 0.2) is 0 Å². The zero-order valence-electron chi connectivity index (χ0n) is 9.60. The molecular formula is C12H13BrClNO3. The Balaban J connectivity index is 2.21. The van der Waals surface area contributed by atoms with Crippen molar-refractivity contribution in [1.29, 1.82) is 0 Å². The van der Waals surface area contributed by atoms with E-state index in [9.17, 15) is 9.90 Å². The van der Waals surface area contributed by atoms with Crippen molar-refractivity contribution < 1.29 is 14.6 Å². The molecule has 0 spiro atoms. The second kappa shape index (κ2) is 6.02. The Labute approximate surface area is 119 Å². The van der Waals surface area contributed by atoms with Crippen LogP contribution in [0.1, 0.15) is 10.4 Å². The Bertz CT molecular complexity index is 455. The van der Waals surface area contributed by atoms with Gasteiger partial charge in [0.1, 0.15) is 0 Å². The molecule has 2 rings (SSSR count). The molecule has 1 amide bonds. The summed E-state index contributed by atoms with van der Waals surface area (Å²) in [5, 5.41) is 9.74. The molecule has 6 heteroatoms. The molecule has 0 aliphatic carbocycles. The maximum Gasteiger partial charge on any atom is 0.254 e. The van der Waals surface area contributed by atoms with E-state index in [4.69, 9.17) is 16.3 Å². The molecule has 1 fully saturated rings. The molecule has 0 saturated carbocycles. The van der Waals surface area contributed by atoms with E-state index in [1.54, 1.807) is 23.1 Å². The van der Waals surface area contributed by atoms with E-state index in [1.807, 2.05) is 0 Å². The zero-order valence-corrected chi connectivity index (χ0v) is 11.9. The number of aliphatic hydroxyl groups is 1. The lowest BCUT2D eigenvalue weighted by Gasteiger charge is -2.34. The van der Waals surface area contributed by atoms with E-state index in [0.29, 0.717) is 30.3 Å². The first-order valence-electron chi connectivity index (χ1n) is 5.58. The lowest BCUT2D eigenvalue weighted by atomic mass is 10.1. The summed E-state index contributed by atoms with van der Waals surface area (Å²) in [6.07, 6.45) is 0. The molecule has 0 aromatic heterocycles. The number of nitrogens with zero attached hydrogens (tertiary/aromatic N) is 1. The van der Waals surface area contributed by atoms with Crippen LogP contribution in [0.25, 0.3) is 0 Å². The predicted octanol–water partition coefficient (Wildman–Crippen LogP) is 1.94. The molecule has 1 aromatic rings. The number of hydrogen-bond donors (Lipinski definition) is 1.